The van der Waals surface area contributed by atoms with Crippen LogP contribution in [0.1, 0.15) is 44.4 Å². The van der Waals surface area contributed by atoms with Crippen LogP contribution in [-0.4, -0.2) is 12.0 Å². The molecule has 0 saturated heterocycles. The normalized spacial score (nSPS) is 13.2. The van der Waals surface area contributed by atoms with Gasteiger partial charge in [-0.05, 0) is 43.0 Å². The maximum Gasteiger partial charge on any atom is 0.261 e. The zero-order chi connectivity index (χ0) is 16.7. The van der Waals surface area contributed by atoms with Crippen molar-refractivity contribution in [3.63, 3.8) is 0 Å². The van der Waals surface area contributed by atoms with Gasteiger partial charge in [0, 0.05) is 0 Å². The molecule has 2 aromatic rings. The zero-order valence-electron chi connectivity index (χ0n) is 14.1. The summed E-state index contributed by atoms with van der Waals surface area (Å²) in [5.41, 5.74) is 2.40. The van der Waals surface area contributed by atoms with Gasteiger partial charge in [0.2, 0.25) is 0 Å². The average Bonchev–Trinajstić information content (AvgIpc) is 2.60. The van der Waals surface area contributed by atoms with Crippen molar-refractivity contribution in [1.29, 1.82) is 0 Å². The van der Waals surface area contributed by atoms with E-state index in [1.54, 1.807) is 0 Å². The van der Waals surface area contributed by atoms with Gasteiger partial charge >= 0.3 is 0 Å². The molecule has 0 aliphatic carbocycles. The molecule has 0 radical (unpaired) electrons. The number of benzene rings is 2. The van der Waals surface area contributed by atoms with E-state index >= 15 is 0 Å². The molecule has 0 aromatic heterocycles. The SMILES string of the molecule is CCc1ccc([C@@H](C)NC(=O)[C@@H](CC)Oc2ccccc2)cc1. The number of ether oxygens (including phenoxy) is 1. The van der Waals surface area contributed by atoms with Crippen molar-refractivity contribution in [3.8, 4) is 5.75 Å². The van der Waals surface area contributed by atoms with Gasteiger partial charge in [-0.1, -0.05) is 56.3 Å². The van der Waals surface area contributed by atoms with Crippen LogP contribution in [0.3, 0.4) is 0 Å². The quantitative estimate of drug-likeness (QED) is 0.828. The molecule has 23 heavy (non-hydrogen) atoms. The molecule has 0 saturated carbocycles. The highest BCUT2D eigenvalue weighted by Crippen LogP contribution is 2.16. The van der Waals surface area contributed by atoms with Crippen LogP contribution in [0.4, 0.5) is 0 Å². The van der Waals surface area contributed by atoms with Gasteiger partial charge in [0.05, 0.1) is 6.04 Å². The van der Waals surface area contributed by atoms with Crippen LogP contribution in [0.2, 0.25) is 0 Å². The van der Waals surface area contributed by atoms with Crippen molar-refractivity contribution in [1.82, 2.24) is 5.32 Å². The van der Waals surface area contributed by atoms with E-state index in [1.807, 2.05) is 44.2 Å². The van der Waals surface area contributed by atoms with Gasteiger partial charge in [-0.15, -0.1) is 0 Å². The van der Waals surface area contributed by atoms with E-state index in [4.69, 9.17) is 4.74 Å². The van der Waals surface area contributed by atoms with E-state index in [1.165, 1.54) is 5.56 Å². The van der Waals surface area contributed by atoms with Gasteiger partial charge in [0.25, 0.3) is 5.91 Å². The van der Waals surface area contributed by atoms with Gasteiger partial charge < -0.3 is 10.1 Å². The van der Waals surface area contributed by atoms with Crippen molar-refractivity contribution in [2.24, 2.45) is 0 Å². The summed E-state index contributed by atoms with van der Waals surface area (Å²) >= 11 is 0. The van der Waals surface area contributed by atoms with Crippen molar-refractivity contribution in [3.05, 3.63) is 65.7 Å². The average molecular weight is 311 g/mol. The molecule has 0 unspecified atom stereocenters. The largest absolute Gasteiger partial charge is 0.481 e. The molecule has 2 rings (SSSR count). The monoisotopic (exact) mass is 311 g/mol. The Labute approximate surface area is 138 Å². The molecular weight excluding hydrogens is 286 g/mol. The second kappa shape index (κ2) is 8.37. The van der Waals surface area contributed by atoms with E-state index in [9.17, 15) is 4.79 Å². The second-order valence-electron chi connectivity index (χ2n) is 5.65. The number of amides is 1. The number of hydrogen-bond donors (Lipinski definition) is 1. The molecule has 1 amide bonds. The van der Waals surface area contributed by atoms with E-state index in [-0.39, 0.29) is 11.9 Å². The van der Waals surface area contributed by atoms with Crippen LogP contribution in [0.15, 0.2) is 54.6 Å². The molecule has 0 aliphatic rings. The Morgan fingerprint density at radius 3 is 2.26 bits per heavy atom. The minimum Gasteiger partial charge on any atom is -0.481 e. The number of rotatable bonds is 7. The lowest BCUT2D eigenvalue weighted by Crippen LogP contribution is -2.39. The smallest absolute Gasteiger partial charge is 0.261 e. The topological polar surface area (TPSA) is 38.3 Å². The number of hydrogen-bond acceptors (Lipinski definition) is 2. The van der Waals surface area contributed by atoms with Gasteiger partial charge in [-0.2, -0.15) is 0 Å². The molecule has 2 atom stereocenters. The van der Waals surface area contributed by atoms with Crippen LogP contribution >= 0.6 is 0 Å². The Morgan fingerprint density at radius 2 is 1.70 bits per heavy atom. The van der Waals surface area contributed by atoms with Gasteiger partial charge in [0.1, 0.15) is 5.75 Å². The molecule has 3 nitrogen and oxygen atoms in total. The Bertz CT molecular complexity index is 607. The highest BCUT2D eigenvalue weighted by molar-refractivity contribution is 5.81. The van der Waals surface area contributed by atoms with E-state index in [0.717, 1.165) is 17.7 Å². The van der Waals surface area contributed by atoms with Crippen LogP contribution < -0.4 is 10.1 Å². The number of para-hydroxylation sites is 1. The highest BCUT2D eigenvalue weighted by atomic mass is 16.5. The first kappa shape index (κ1) is 17.1. The summed E-state index contributed by atoms with van der Waals surface area (Å²) in [6, 6.07) is 17.8. The Morgan fingerprint density at radius 1 is 1.04 bits per heavy atom. The van der Waals surface area contributed by atoms with Crippen LogP contribution in [-0.2, 0) is 11.2 Å². The minimum absolute atomic E-state index is 0.0400. The third-order valence-corrected chi connectivity index (χ3v) is 3.93. The predicted octanol–water partition coefficient (Wildman–Crippen LogP) is 4.28. The molecule has 0 heterocycles. The van der Waals surface area contributed by atoms with E-state index in [2.05, 4.69) is 36.5 Å². The molecule has 122 valence electrons. The molecule has 1 N–H and O–H groups in total. The highest BCUT2D eigenvalue weighted by Gasteiger charge is 2.20. The lowest BCUT2D eigenvalue weighted by atomic mass is 10.0. The van der Waals surface area contributed by atoms with Crippen molar-refractivity contribution in [2.45, 2.75) is 45.8 Å². The van der Waals surface area contributed by atoms with Crippen LogP contribution in [0.5, 0.6) is 5.75 Å². The summed E-state index contributed by atoms with van der Waals surface area (Å²) in [7, 11) is 0. The molecule has 3 heteroatoms. The first-order valence-corrected chi connectivity index (χ1v) is 8.25. The summed E-state index contributed by atoms with van der Waals surface area (Å²) < 4.78 is 5.79. The standard InChI is InChI=1S/C20H25NO2/c1-4-16-11-13-17(14-12-16)15(3)21-20(22)19(5-2)23-18-9-7-6-8-10-18/h6-15,19H,4-5H2,1-3H3,(H,21,22)/t15-,19-/m1/s1. The fourth-order valence-corrected chi connectivity index (χ4v) is 2.42. The number of carbonyl (C=O) groups excluding carboxylic acids is 1. The first-order chi connectivity index (χ1) is 11.1. The fraction of sp³-hybridized carbons (Fsp3) is 0.350. The van der Waals surface area contributed by atoms with Crippen LogP contribution in [0.25, 0.3) is 0 Å². The lowest BCUT2D eigenvalue weighted by molar-refractivity contribution is -0.128. The Hall–Kier alpha value is -2.29. The van der Waals surface area contributed by atoms with Crippen LogP contribution in [0, 0.1) is 0 Å². The molecule has 0 fully saturated rings. The minimum atomic E-state index is -0.477. The molecule has 0 bridgehead atoms. The number of carbonyl (C=O) groups is 1. The third-order valence-electron chi connectivity index (χ3n) is 3.93. The third kappa shape index (κ3) is 4.85. The summed E-state index contributed by atoms with van der Waals surface area (Å²) in [6.07, 6.45) is 1.17. The maximum atomic E-state index is 12.4. The van der Waals surface area contributed by atoms with E-state index < -0.39 is 6.10 Å². The number of aryl methyl sites for hydroxylation is 1. The van der Waals surface area contributed by atoms with E-state index in [0.29, 0.717) is 6.42 Å². The first-order valence-electron chi connectivity index (χ1n) is 8.25. The summed E-state index contributed by atoms with van der Waals surface area (Å²) in [6.45, 7) is 6.08. The maximum absolute atomic E-state index is 12.4. The summed E-state index contributed by atoms with van der Waals surface area (Å²) in [5, 5.41) is 3.04. The van der Waals surface area contributed by atoms with Gasteiger partial charge in [-0.25, -0.2) is 0 Å². The number of nitrogens with one attached hydrogen (secondary N) is 1. The summed E-state index contributed by atoms with van der Waals surface area (Å²) in [5.74, 6) is 0.637. The fourth-order valence-electron chi connectivity index (χ4n) is 2.42. The molecule has 0 spiro atoms. The Kier molecular flexibility index (Phi) is 6.21. The lowest BCUT2D eigenvalue weighted by Gasteiger charge is -2.21. The van der Waals surface area contributed by atoms with Crippen molar-refractivity contribution in [2.75, 3.05) is 0 Å². The summed E-state index contributed by atoms with van der Waals surface area (Å²) in [4.78, 5) is 12.4. The van der Waals surface area contributed by atoms with Gasteiger partial charge in [-0.3, -0.25) is 4.79 Å². The molecule has 0 aliphatic heterocycles. The predicted molar refractivity (Wildman–Crippen MR) is 93.5 cm³/mol. The van der Waals surface area contributed by atoms with Crippen molar-refractivity contribution < 1.29 is 9.53 Å². The van der Waals surface area contributed by atoms with Crippen molar-refractivity contribution >= 4 is 5.91 Å². The second-order valence-corrected chi connectivity index (χ2v) is 5.65. The molecule has 2 aromatic carbocycles. The zero-order valence-corrected chi connectivity index (χ0v) is 14.1. The Balaban J connectivity index is 1.97. The molecular formula is C20H25NO2. The van der Waals surface area contributed by atoms with Gasteiger partial charge in [0.15, 0.2) is 6.10 Å².